The third kappa shape index (κ3) is 2.69. The Morgan fingerprint density at radius 3 is 2.43 bits per heavy atom. The van der Waals surface area contributed by atoms with Crippen LogP contribution in [0, 0.1) is 11.3 Å². The van der Waals surface area contributed by atoms with Gasteiger partial charge < -0.3 is 9.64 Å². The first kappa shape index (κ1) is 15.2. The quantitative estimate of drug-likeness (QED) is 0.827. The van der Waals surface area contributed by atoms with Crippen molar-refractivity contribution >= 4 is 5.91 Å². The van der Waals surface area contributed by atoms with Crippen molar-refractivity contribution in [1.82, 2.24) is 4.90 Å². The molecule has 2 aliphatic heterocycles. The van der Waals surface area contributed by atoms with Gasteiger partial charge in [0.25, 0.3) is 0 Å². The third-order valence-corrected chi connectivity index (χ3v) is 6.20. The van der Waals surface area contributed by atoms with Gasteiger partial charge in [-0.05, 0) is 31.2 Å². The molecule has 1 spiro atoms. The van der Waals surface area contributed by atoms with Gasteiger partial charge in [-0.1, -0.05) is 49.6 Å². The Morgan fingerprint density at radius 1 is 1.04 bits per heavy atom. The highest BCUT2D eigenvalue weighted by Gasteiger charge is 2.55. The molecule has 0 N–H and O–H groups in total. The molecule has 1 aliphatic carbocycles. The van der Waals surface area contributed by atoms with Crippen molar-refractivity contribution in [2.75, 3.05) is 19.8 Å². The summed E-state index contributed by atoms with van der Waals surface area (Å²) in [5.41, 5.74) is 1.68. The highest BCUT2D eigenvalue weighted by molar-refractivity contribution is 5.80. The van der Waals surface area contributed by atoms with E-state index in [1.165, 1.54) is 37.7 Å². The summed E-state index contributed by atoms with van der Waals surface area (Å²) in [6.07, 6.45) is 8.35. The summed E-state index contributed by atoms with van der Waals surface area (Å²) in [6.45, 7) is 2.46. The fraction of sp³-hybridized carbons (Fsp3) is 0.650. The topological polar surface area (TPSA) is 29.5 Å². The number of hydrogen-bond acceptors (Lipinski definition) is 2. The molecule has 4 rings (SSSR count). The monoisotopic (exact) mass is 313 g/mol. The van der Waals surface area contributed by atoms with Crippen LogP contribution in [-0.4, -0.2) is 30.6 Å². The van der Waals surface area contributed by atoms with Crippen molar-refractivity contribution in [1.29, 1.82) is 0 Å². The van der Waals surface area contributed by atoms with E-state index in [1.807, 2.05) is 0 Å². The fourth-order valence-corrected chi connectivity index (χ4v) is 4.98. The number of carbonyl (C=O) groups excluding carboxylic acids is 1. The minimum Gasteiger partial charge on any atom is -0.381 e. The second kappa shape index (κ2) is 6.27. The third-order valence-electron chi connectivity index (χ3n) is 6.20. The molecule has 0 radical (unpaired) electrons. The van der Waals surface area contributed by atoms with Crippen LogP contribution in [0.3, 0.4) is 0 Å². The largest absolute Gasteiger partial charge is 0.381 e. The summed E-state index contributed by atoms with van der Waals surface area (Å²) >= 11 is 0. The molecule has 1 aromatic rings. The molecule has 0 aromatic heterocycles. The zero-order chi connectivity index (χ0) is 15.7. The average molecular weight is 313 g/mol. The lowest BCUT2D eigenvalue weighted by Crippen LogP contribution is -2.62. The molecule has 1 saturated carbocycles. The Morgan fingerprint density at radius 2 is 1.74 bits per heavy atom. The number of rotatable bonds is 2. The maximum absolute atomic E-state index is 13.1. The molecule has 3 fully saturated rings. The smallest absolute Gasteiger partial charge is 0.226 e. The van der Waals surface area contributed by atoms with Gasteiger partial charge in [0, 0.05) is 31.1 Å². The van der Waals surface area contributed by atoms with E-state index in [0.717, 1.165) is 32.6 Å². The molecule has 3 heteroatoms. The lowest BCUT2D eigenvalue weighted by atomic mass is 9.60. The van der Waals surface area contributed by atoms with Crippen molar-refractivity contribution in [3.05, 3.63) is 35.9 Å². The number of hydrogen-bond donors (Lipinski definition) is 0. The summed E-state index contributed by atoms with van der Waals surface area (Å²) in [4.78, 5) is 15.3. The molecule has 0 bridgehead atoms. The molecule has 1 unspecified atom stereocenters. The molecule has 1 atom stereocenters. The molecule has 3 nitrogen and oxygen atoms in total. The molecule has 2 heterocycles. The number of ether oxygens (including phenoxy) is 1. The van der Waals surface area contributed by atoms with Crippen LogP contribution in [-0.2, 0) is 9.53 Å². The van der Waals surface area contributed by atoms with E-state index in [0.29, 0.717) is 17.4 Å². The summed E-state index contributed by atoms with van der Waals surface area (Å²) in [5.74, 6) is 0.550. The second-order valence-electron chi connectivity index (χ2n) is 7.59. The molecular formula is C20H27NO2. The minimum absolute atomic E-state index is 0.177. The number of benzene rings is 1. The van der Waals surface area contributed by atoms with Gasteiger partial charge in [0.15, 0.2) is 0 Å². The van der Waals surface area contributed by atoms with Gasteiger partial charge in [-0.3, -0.25) is 4.79 Å². The Balaban J connectivity index is 1.58. The van der Waals surface area contributed by atoms with Gasteiger partial charge in [-0.2, -0.15) is 0 Å². The average Bonchev–Trinajstić information content (AvgIpc) is 2.62. The van der Waals surface area contributed by atoms with E-state index in [-0.39, 0.29) is 5.92 Å². The zero-order valence-electron chi connectivity index (χ0n) is 13.9. The van der Waals surface area contributed by atoms with E-state index in [4.69, 9.17) is 4.74 Å². The molecule has 3 aliphatic rings. The van der Waals surface area contributed by atoms with Gasteiger partial charge in [0.2, 0.25) is 5.91 Å². The van der Waals surface area contributed by atoms with Crippen LogP contribution in [0.15, 0.2) is 30.3 Å². The summed E-state index contributed by atoms with van der Waals surface area (Å²) in [6, 6.07) is 11.0. The SMILES string of the molecule is O=C(C1CCOCC1)N1CC2(CCCCC2)C1c1ccccc1. The summed E-state index contributed by atoms with van der Waals surface area (Å²) in [5, 5.41) is 0. The van der Waals surface area contributed by atoms with E-state index < -0.39 is 0 Å². The van der Waals surface area contributed by atoms with Crippen LogP contribution in [0.4, 0.5) is 0 Å². The first-order valence-corrected chi connectivity index (χ1v) is 9.23. The molecule has 124 valence electrons. The Bertz CT molecular complexity index is 544. The molecular weight excluding hydrogens is 286 g/mol. The number of carbonyl (C=O) groups is 1. The lowest BCUT2D eigenvalue weighted by Gasteiger charge is -2.60. The lowest BCUT2D eigenvalue weighted by molar-refractivity contribution is -0.167. The Hall–Kier alpha value is -1.35. The molecule has 2 saturated heterocycles. The van der Waals surface area contributed by atoms with Crippen LogP contribution < -0.4 is 0 Å². The predicted octanol–water partition coefficient (Wildman–Crippen LogP) is 3.95. The first-order valence-electron chi connectivity index (χ1n) is 9.23. The zero-order valence-corrected chi connectivity index (χ0v) is 13.9. The van der Waals surface area contributed by atoms with E-state index in [1.54, 1.807) is 0 Å². The first-order chi connectivity index (χ1) is 11.3. The summed E-state index contributed by atoms with van der Waals surface area (Å²) in [7, 11) is 0. The molecule has 23 heavy (non-hydrogen) atoms. The second-order valence-corrected chi connectivity index (χ2v) is 7.59. The van der Waals surface area contributed by atoms with Crippen molar-refractivity contribution < 1.29 is 9.53 Å². The fourth-order valence-electron chi connectivity index (χ4n) is 4.98. The number of likely N-dealkylation sites (tertiary alicyclic amines) is 1. The van der Waals surface area contributed by atoms with Crippen LogP contribution >= 0.6 is 0 Å². The maximum atomic E-state index is 13.1. The maximum Gasteiger partial charge on any atom is 0.226 e. The van der Waals surface area contributed by atoms with Gasteiger partial charge in [0.05, 0.1) is 6.04 Å². The van der Waals surface area contributed by atoms with Crippen molar-refractivity contribution in [3.63, 3.8) is 0 Å². The van der Waals surface area contributed by atoms with Gasteiger partial charge in [0.1, 0.15) is 0 Å². The standard InChI is InChI=1S/C20H27NO2/c22-19(17-9-13-23-14-10-17)21-15-20(11-5-2-6-12-20)18(21)16-7-3-1-4-8-16/h1,3-4,7-8,17-18H,2,5-6,9-15H2. The Labute approximate surface area is 139 Å². The van der Waals surface area contributed by atoms with Crippen LogP contribution in [0.25, 0.3) is 0 Å². The van der Waals surface area contributed by atoms with E-state index >= 15 is 0 Å². The van der Waals surface area contributed by atoms with Crippen molar-refractivity contribution in [3.8, 4) is 0 Å². The van der Waals surface area contributed by atoms with Gasteiger partial charge in [-0.15, -0.1) is 0 Å². The van der Waals surface area contributed by atoms with Crippen LogP contribution in [0.2, 0.25) is 0 Å². The Kier molecular flexibility index (Phi) is 4.14. The van der Waals surface area contributed by atoms with Crippen LogP contribution in [0.5, 0.6) is 0 Å². The van der Waals surface area contributed by atoms with E-state index in [9.17, 15) is 4.79 Å². The van der Waals surface area contributed by atoms with Gasteiger partial charge >= 0.3 is 0 Å². The van der Waals surface area contributed by atoms with Crippen molar-refractivity contribution in [2.45, 2.75) is 51.0 Å². The number of nitrogens with zero attached hydrogens (tertiary/aromatic N) is 1. The van der Waals surface area contributed by atoms with E-state index in [2.05, 4.69) is 35.2 Å². The normalized spacial score (nSPS) is 27.7. The van der Waals surface area contributed by atoms with Crippen molar-refractivity contribution in [2.24, 2.45) is 11.3 Å². The van der Waals surface area contributed by atoms with Crippen LogP contribution in [0.1, 0.15) is 56.6 Å². The molecule has 1 amide bonds. The van der Waals surface area contributed by atoms with Gasteiger partial charge in [-0.25, -0.2) is 0 Å². The molecule has 1 aromatic carbocycles. The minimum atomic E-state index is 0.177. The predicted molar refractivity (Wildman–Crippen MR) is 90.0 cm³/mol. The number of amides is 1. The highest BCUT2D eigenvalue weighted by atomic mass is 16.5. The summed E-state index contributed by atoms with van der Waals surface area (Å²) < 4.78 is 5.43. The highest BCUT2D eigenvalue weighted by Crippen LogP contribution is 2.57.